The zero-order valence-corrected chi connectivity index (χ0v) is 20.5. The van der Waals surface area contributed by atoms with E-state index in [-0.39, 0.29) is 34.9 Å². The number of benzene rings is 1. The molecule has 0 bridgehead atoms. The van der Waals surface area contributed by atoms with Crippen LogP contribution in [0.5, 0.6) is 0 Å². The zero-order valence-electron chi connectivity index (χ0n) is 18.0. The van der Waals surface area contributed by atoms with Gasteiger partial charge in [0.2, 0.25) is 17.7 Å². The summed E-state index contributed by atoms with van der Waals surface area (Å²) in [6.07, 6.45) is -2.68. The number of hydrogen-bond acceptors (Lipinski definition) is 11. The van der Waals surface area contributed by atoms with Crippen LogP contribution < -0.4 is 26.9 Å². The predicted molar refractivity (Wildman–Crippen MR) is 112 cm³/mol. The summed E-state index contributed by atoms with van der Waals surface area (Å²) < 4.78 is 23.9. The minimum absolute atomic E-state index is 0. The van der Waals surface area contributed by atoms with Gasteiger partial charge in [0.1, 0.15) is 31.2 Å². The molecule has 0 radical (unpaired) electrons. The number of hydrogen-bond donors (Lipinski definition) is 6. The number of anilines is 1. The average Bonchev–Trinajstić information content (AvgIpc) is 3.46. The van der Waals surface area contributed by atoms with Gasteiger partial charge in [-0.25, -0.2) is 14.1 Å². The van der Waals surface area contributed by atoms with Crippen molar-refractivity contribution in [2.45, 2.75) is 36.8 Å². The number of aliphatic hydroxyl groups is 3. The molecule has 2 aliphatic rings. The molecule has 36 heavy (non-hydrogen) atoms. The Morgan fingerprint density at radius 3 is 2.61 bits per heavy atom. The minimum Gasteiger partial charge on any atom is -1.00 e. The molecule has 6 N–H and O–H groups in total. The molecule has 194 valence electrons. The van der Waals surface area contributed by atoms with E-state index >= 15 is 0 Å². The monoisotopic (exact) mass is 590 g/mol. The fourth-order valence-corrected chi connectivity index (χ4v) is 4.52. The molecule has 1 unspecified atom stereocenters. The van der Waals surface area contributed by atoms with Gasteiger partial charge < -0.3 is 46.8 Å². The van der Waals surface area contributed by atoms with Crippen LogP contribution in [0.2, 0.25) is 0 Å². The number of nitro benzene ring substituents is 1. The number of imidazole rings is 1. The van der Waals surface area contributed by atoms with Crippen LogP contribution in [0, 0.1) is 10.1 Å². The van der Waals surface area contributed by atoms with Crippen LogP contribution in [0.4, 0.5) is 11.5 Å². The lowest BCUT2D eigenvalue weighted by Gasteiger charge is -2.18. The van der Waals surface area contributed by atoms with Crippen molar-refractivity contribution in [1.29, 1.82) is 0 Å². The molecule has 1 fully saturated rings. The fraction of sp³-hybridized carbons (Fsp3) is 0.389. The van der Waals surface area contributed by atoms with E-state index in [4.69, 9.17) is 14.5 Å². The third-order valence-corrected chi connectivity index (χ3v) is 6.38. The first-order valence-corrected chi connectivity index (χ1v) is 11.7. The molecule has 0 spiro atoms. The number of nitro groups is 1. The quantitative estimate of drug-likeness (QED) is 0.0691. The van der Waals surface area contributed by atoms with E-state index < -0.39 is 49.6 Å². The third-order valence-electron chi connectivity index (χ3n) is 5.90. The second kappa shape index (κ2) is 9.37. The molecule has 18 heteroatoms. The van der Waals surface area contributed by atoms with Crippen LogP contribution in [0.25, 0.3) is 11.2 Å². The average molecular weight is 591 g/mol. The molecular formula is C18H20BrN6O10P. The van der Waals surface area contributed by atoms with Gasteiger partial charge in [-0.1, -0.05) is 4.98 Å². The molecule has 3 aromatic rings. The maximum Gasteiger partial charge on any atom is 0.469 e. The molecular weight excluding hydrogens is 571 g/mol. The summed E-state index contributed by atoms with van der Waals surface area (Å²) in [5.74, 6) is 0.379. The normalized spacial score (nSPS) is 27.5. The van der Waals surface area contributed by atoms with Gasteiger partial charge in [-0.3, -0.25) is 24.5 Å². The number of nitrogens with zero attached hydrogens (tertiary/aromatic N) is 5. The topological polar surface area (TPSA) is 226 Å². The molecule has 0 aliphatic carbocycles. The molecule has 0 saturated carbocycles. The van der Waals surface area contributed by atoms with Crippen LogP contribution >= 0.6 is 7.82 Å². The van der Waals surface area contributed by atoms with Gasteiger partial charge in [0.25, 0.3) is 11.5 Å². The maximum absolute atomic E-state index is 11.2. The van der Waals surface area contributed by atoms with Crippen LogP contribution in [0.15, 0.2) is 36.9 Å². The SMILES string of the molecule is O=[N+]([O-])c1ccc(C2(O)C[n+]3cnc4c(ncn4[C@@H]4O[C@H](COP(=O)(O)O)[C@@H](O)[C@H]4O)c3N2)cc1.[Br-]. The number of rotatable bonds is 6. The van der Waals surface area contributed by atoms with Gasteiger partial charge in [0.05, 0.1) is 11.5 Å². The number of halogens is 1. The lowest BCUT2D eigenvalue weighted by Crippen LogP contribution is -3.00. The summed E-state index contributed by atoms with van der Waals surface area (Å²) in [4.78, 5) is 36.7. The number of ether oxygens (including phenoxy) is 1. The lowest BCUT2D eigenvalue weighted by molar-refractivity contribution is -0.685. The van der Waals surface area contributed by atoms with Crippen molar-refractivity contribution in [3.63, 3.8) is 0 Å². The highest BCUT2D eigenvalue weighted by molar-refractivity contribution is 7.46. The highest BCUT2D eigenvalue weighted by Crippen LogP contribution is 2.39. The Bertz CT molecular complexity index is 1350. The van der Waals surface area contributed by atoms with Gasteiger partial charge in [-0.15, -0.1) is 0 Å². The van der Waals surface area contributed by atoms with E-state index in [1.54, 1.807) is 4.57 Å². The van der Waals surface area contributed by atoms with Crippen LogP contribution in [-0.4, -0.2) is 69.5 Å². The summed E-state index contributed by atoms with van der Waals surface area (Å²) in [5, 5.41) is 45.8. The van der Waals surface area contributed by atoms with Crippen LogP contribution in [0.1, 0.15) is 11.8 Å². The summed E-state index contributed by atoms with van der Waals surface area (Å²) >= 11 is 0. The number of aliphatic hydroxyl groups excluding tert-OH is 2. The maximum atomic E-state index is 11.2. The first-order valence-electron chi connectivity index (χ1n) is 10.2. The molecule has 2 aromatic heterocycles. The molecule has 1 aromatic carbocycles. The summed E-state index contributed by atoms with van der Waals surface area (Å²) in [6.45, 7) is -0.632. The smallest absolute Gasteiger partial charge is 0.469 e. The van der Waals surface area contributed by atoms with E-state index in [0.717, 1.165) is 0 Å². The van der Waals surface area contributed by atoms with Crippen LogP contribution in [-0.2, 0) is 26.1 Å². The Morgan fingerprint density at radius 2 is 1.97 bits per heavy atom. The van der Waals surface area contributed by atoms with Gasteiger partial charge in [-0.2, -0.15) is 0 Å². The van der Waals surface area contributed by atoms with Gasteiger partial charge in [0.15, 0.2) is 11.7 Å². The summed E-state index contributed by atoms with van der Waals surface area (Å²) in [7, 11) is -4.81. The van der Waals surface area contributed by atoms with Gasteiger partial charge in [0, 0.05) is 17.7 Å². The first kappa shape index (κ1) is 26.5. The van der Waals surface area contributed by atoms with E-state index in [1.807, 2.05) is 0 Å². The van der Waals surface area contributed by atoms with Crippen molar-refractivity contribution >= 4 is 30.5 Å². The van der Waals surface area contributed by atoms with Crippen molar-refractivity contribution in [3.8, 4) is 0 Å². The number of fused-ring (bicyclic) bond motifs is 3. The molecule has 5 rings (SSSR count). The van der Waals surface area contributed by atoms with Crippen molar-refractivity contribution < 1.29 is 65.4 Å². The van der Waals surface area contributed by atoms with Crippen molar-refractivity contribution in [2.24, 2.45) is 0 Å². The number of non-ortho nitro benzene ring substituents is 1. The lowest BCUT2D eigenvalue weighted by atomic mass is 10.0. The first-order chi connectivity index (χ1) is 16.5. The van der Waals surface area contributed by atoms with E-state index in [1.165, 1.54) is 41.5 Å². The summed E-state index contributed by atoms with van der Waals surface area (Å²) in [5.41, 5.74) is -0.822. The van der Waals surface area contributed by atoms with Gasteiger partial charge >= 0.3 is 7.82 Å². The summed E-state index contributed by atoms with van der Waals surface area (Å²) in [6, 6.07) is 5.43. The Balaban J connectivity index is 0.00000304. The fourth-order valence-electron chi connectivity index (χ4n) is 4.18. The third kappa shape index (κ3) is 4.60. The number of nitrogens with one attached hydrogen (secondary N) is 1. The van der Waals surface area contributed by atoms with Crippen molar-refractivity contribution in [2.75, 3.05) is 11.9 Å². The zero-order chi connectivity index (χ0) is 25.1. The van der Waals surface area contributed by atoms with Crippen LogP contribution in [0.3, 0.4) is 0 Å². The van der Waals surface area contributed by atoms with Crippen molar-refractivity contribution in [3.05, 3.63) is 52.6 Å². The largest absolute Gasteiger partial charge is 1.00 e. The molecule has 0 amide bonds. The van der Waals surface area contributed by atoms with Crippen molar-refractivity contribution in [1.82, 2.24) is 14.5 Å². The van der Waals surface area contributed by atoms with E-state index in [0.29, 0.717) is 16.9 Å². The molecule has 16 nitrogen and oxygen atoms in total. The Kier molecular flexibility index (Phi) is 6.89. The highest BCUT2D eigenvalue weighted by atomic mass is 79.9. The molecule has 2 aliphatic heterocycles. The second-order valence-corrected chi connectivity index (χ2v) is 9.41. The standard InChI is InChI=1S/C18H19N6O10P.BrH/c25-13-11(5-33-35(30,31)32)34-17(14(13)26)23-8-19-12-15(23)20-7-22-6-18(27,21-16(12)22)9-1-3-10(4-2-9)24(28)29;/h1-4,7-8,11,13-14,17,25-27H,5-6H2,(H2,30,31,32);1H/t11-,13-,14-,17-,18?;/m1./s1. The number of aromatic nitrogens is 4. The van der Waals surface area contributed by atoms with E-state index in [9.17, 15) is 30.0 Å². The Labute approximate surface area is 211 Å². The predicted octanol–water partition coefficient (Wildman–Crippen LogP) is -4.37. The minimum atomic E-state index is -4.81. The molecule has 5 atom stereocenters. The van der Waals surface area contributed by atoms with Gasteiger partial charge in [-0.05, 0) is 12.1 Å². The Hall–Kier alpha value is -2.60. The molecule has 1 saturated heterocycles. The Morgan fingerprint density at radius 1 is 1.28 bits per heavy atom. The highest BCUT2D eigenvalue weighted by Gasteiger charge is 2.47. The second-order valence-electron chi connectivity index (χ2n) is 8.17. The number of phosphoric acid groups is 1. The van der Waals surface area contributed by atoms with E-state index in [2.05, 4.69) is 19.8 Å². The molecule has 4 heterocycles. The number of phosphoric ester groups is 1.